The Hall–Kier alpha value is 0.634. The molecule has 13 heavy (non-hydrogen) atoms. The summed E-state index contributed by atoms with van der Waals surface area (Å²) in [7, 11) is 0. The van der Waals surface area contributed by atoms with Crippen molar-refractivity contribution < 1.29 is 29.9 Å². The van der Waals surface area contributed by atoms with E-state index < -0.39 is 0 Å². The van der Waals surface area contributed by atoms with E-state index >= 15 is 0 Å². The minimum absolute atomic E-state index is 0.0139. The average molecular weight is 221 g/mol. The molecular weight excluding hydrogens is 200 g/mol. The van der Waals surface area contributed by atoms with E-state index in [1.54, 1.807) is 0 Å². The summed E-state index contributed by atoms with van der Waals surface area (Å²) in [5.74, 6) is 0. The van der Waals surface area contributed by atoms with Gasteiger partial charge in [0.25, 0.3) is 0 Å². The predicted octanol–water partition coefficient (Wildman–Crippen LogP) is 2.91. The van der Waals surface area contributed by atoms with Crippen molar-refractivity contribution in [2.24, 2.45) is 0 Å². The van der Waals surface area contributed by atoms with Crippen molar-refractivity contribution in [3.8, 4) is 0 Å². The number of rotatable bonds is 7. The zero-order valence-corrected chi connectivity index (χ0v) is 10.7. The van der Waals surface area contributed by atoms with Gasteiger partial charge >= 0.3 is 93.7 Å². The van der Waals surface area contributed by atoms with E-state index in [0.717, 1.165) is 6.42 Å². The predicted molar refractivity (Wildman–Crippen MR) is 50.3 cm³/mol. The Bertz CT molecular complexity index is 105. The standard InChI is InChI=1S/C10H21O2.Ti/c1-6-7-10(11-8(2)3)12-9(4)5;/h8-10H,1,6-7H2,2-5H3;. The summed E-state index contributed by atoms with van der Waals surface area (Å²) in [6.07, 6.45) is 2.66. The number of hydrogen-bond donors (Lipinski definition) is 0. The number of ether oxygens (including phenoxy) is 2. The first-order valence-corrected chi connectivity index (χ1v) is 6.12. The third-order valence-electron chi connectivity index (χ3n) is 1.46. The summed E-state index contributed by atoms with van der Waals surface area (Å²) in [4.78, 5) is 0. The maximum atomic E-state index is 5.64. The maximum absolute atomic E-state index is 5.64. The topological polar surface area (TPSA) is 18.5 Å². The molecule has 0 aromatic carbocycles. The first kappa shape index (κ1) is 13.6. The van der Waals surface area contributed by atoms with Crippen LogP contribution >= 0.6 is 0 Å². The van der Waals surface area contributed by atoms with Crippen LogP contribution in [0.15, 0.2) is 0 Å². The summed E-state index contributed by atoms with van der Waals surface area (Å²) in [5.41, 5.74) is 0. The third kappa shape index (κ3) is 8.95. The fourth-order valence-corrected chi connectivity index (χ4v) is 1.36. The Morgan fingerprint density at radius 3 is 1.77 bits per heavy atom. The van der Waals surface area contributed by atoms with Crippen molar-refractivity contribution in [1.82, 2.24) is 0 Å². The van der Waals surface area contributed by atoms with E-state index in [0.29, 0.717) is 0 Å². The van der Waals surface area contributed by atoms with Crippen LogP contribution in [0.4, 0.5) is 0 Å². The Morgan fingerprint density at radius 2 is 1.46 bits per heavy atom. The summed E-state index contributed by atoms with van der Waals surface area (Å²) < 4.78 is 12.5. The monoisotopic (exact) mass is 221 g/mol. The minimum atomic E-state index is -0.0139. The molecule has 0 heterocycles. The van der Waals surface area contributed by atoms with Crippen LogP contribution in [-0.2, 0) is 29.9 Å². The van der Waals surface area contributed by atoms with E-state index in [2.05, 4.69) is 20.4 Å². The van der Waals surface area contributed by atoms with Crippen molar-refractivity contribution in [2.75, 3.05) is 0 Å². The molecule has 0 unspecified atom stereocenters. The zero-order chi connectivity index (χ0) is 10.3. The quantitative estimate of drug-likeness (QED) is 0.486. The third-order valence-corrected chi connectivity index (χ3v) is 2.02. The van der Waals surface area contributed by atoms with Gasteiger partial charge in [0.05, 0.1) is 0 Å². The van der Waals surface area contributed by atoms with E-state index in [1.165, 1.54) is 11.1 Å². The molecule has 0 rings (SSSR count). The van der Waals surface area contributed by atoms with Gasteiger partial charge in [-0.3, -0.25) is 0 Å². The Morgan fingerprint density at radius 1 is 1.00 bits per heavy atom. The second-order valence-electron chi connectivity index (χ2n) is 3.69. The van der Waals surface area contributed by atoms with Crippen LogP contribution in [0, 0.1) is 0 Å². The van der Waals surface area contributed by atoms with Gasteiger partial charge in [-0.25, -0.2) is 0 Å². The molecule has 0 fully saturated rings. The molecule has 0 aliphatic carbocycles. The van der Waals surface area contributed by atoms with Gasteiger partial charge in [0, 0.05) is 0 Å². The van der Waals surface area contributed by atoms with Crippen molar-refractivity contribution >= 4 is 0 Å². The molecule has 0 aliphatic heterocycles. The summed E-state index contributed by atoms with van der Waals surface area (Å²) in [5, 5.41) is 0. The fourth-order valence-electron chi connectivity index (χ4n) is 1.04. The molecule has 0 saturated heterocycles. The van der Waals surface area contributed by atoms with E-state index in [-0.39, 0.29) is 18.5 Å². The molecule has 2 nitrogen and oxygen atoms in total. The summed E-state index contributed by atoms with van der Waals surface area (Å²) >= 11 is 2.18. The van der Waals surface area contributed by atoms with Crippen LogP contribution in [0.3, 0.4) is 0 Å². The van der Waals surface area contributed by atoms with Crippen molar-refractivity contribution in [1.29, 1.82) is 0 Å². The summed E-state index contributed by atoms with van der Waals surface area (Å²) in [6.45, 7) is 8.18. The van der Waals surface area contributed by atoms with E-state index in [4.69, 9.17) is 9.47 Å². The first-order valence-electron chi connectivity index (χ1n) is 5.01. The van der Waals surface area contributed by atoms with Crippen LogP contribution < -0.4 is 0 Å². The van der Waals surface area contributed by atoms with Gasteiger partial charge < -0.3 is 0 Å². The molecule has 0 bridgehead atoms. The van der Waals surface area contributed by atoms with Crippen molar-refractivity contribution in [3.05, 3.63) is 0 Å². The Labute approximate surface area is 93.8 Å². The van der Waals surface area contributed by atoms with Crippen LogP contribution in [0.25, 0.3) is 0 Å². The van der Waals surface area contributed by atoms with Gasteiger partial charge in [-0.1, -0.05) is 0 Å². The Kier molecular flexibility index (Phi) is 8.37. The molecule has 0 aromatic heterocycles. The molecule has 0 atom stereocenters. The van der Waals surface area contributed by atoms with Gasteiger partial charge in [-0.15, -0.1) is 0 Å². The first-order chi connectivity index (χ1) is 6.06. The molecule has 77 valence electrons. The molecule has 0 saturated carbocycles. The molecule has 0 radical (unpaired) electrons. The molecule has 0 spiro atoms. The van der Waals surface area contributed by atoms with Crippen LogP contribution in [-0.4, -0.2) is 18.5 Å². The van der Waals surface area contributed by atoms with Gasteiger partial charge in [-0.05, 0) is 0 Å². The molecule has 3 heteroatoms. The van der Waals surface area contributed by atoms with Crippen molar-refractivity contribution in [3.63, 3.8) is 0 Å². The molecule has 0 N–H and O–H groups in total. The second kappa shape index (κ2) is 7.99. The molecular formula is C10H21O2Ti. The average Bonchev–Trinajstić information content (AvgIpc) is 1.98. The molecule has 0 amide bonds. The Balaban J connectivity index is 3.73. The van der Waals surface area contributed by atoms with E-state index in [9.17, 15) is 0 Å². The van der Waals surface area contributed by atoms with E-state index in [1.807, 2.05) is 27.7 Å². The van der Waals surface area contributed by atoms with Gasteiger partial charge in [0.1, 0.15) is 0 Å². The van der Waals surface area contributed by atoms with Crippen LogP contribution in [0.1, 0.15) is 40.5 Å². The SMILES string of the molecule is CC(C)OC(CC[CH2][Ti])OC(C)C. The van der Waals surface area contributed by atoms with Gasteiger partial charge in [0.2, 0.25) is 0 Å². The van der Waals surface area contributed by atoms with Crippen molar-refractivity contribution in [2.45, 2.75) is 63.8 Å². The van der Waals surface area contributed by atoms with Gasteiger partial charge in [-0.2, -0.15) is 0 Å². The molecule has 0 aliphatic rings. The van der Waals surface area contributed by atoms with Crippen LogP contribution in [0.2, 0.25) is 4.73 Å². The normalized spacial score (nSPS) is 11.8. The molecule has 0 aromatic rings. The van der Waals surface area contributed by atoms with Gasteiger partial charge in [0.15, 0.2) is 0 Å². The number of hydrogen-bond acceptors (Lipinski definition) is 2. The second-order valence-corrected chi connectivity index (χ2v) is 4.47. The summed E-state index contributed by atoms with van der Waals surface area (Å²) in [6, 6.07) is 0. The van der Waals surface area contributed by atoms with Crippen LogP contribution in [0.5, 0.6) is 0 Å². The fraction of sp³-hybridized carbons (Fsp3) is 1.00. The zero-order valence-electron chi connectivity index (χ0n) is 9.17.